The van der Waals surface area contributed by atoms with Gasteiger partial charge in [-0.2, -0.15) is 0 Å². The first-order valence-corrected chi connectivity index (χ1v) is 9.81. The average molecular weight is 390 g/mol. The highest BCUT2D eigenvalue weighted by Crippen LogP contribution is 2.25. The van der Waals surface area contributed by atoms with E-state index in [1.807, 2.05) is 29.6 Å². The van der Waals surface area contributed by atoms with Gasteiger partial charge in [0.15, 0.2) is 5.13 Å². The molecule has 4 aromatic rings. The van der Waals surface area contributed by atoms with Crippen LogP contribution >= 0.6 is 11.3 Å². The normalized spacial score (nSPS) is 10.9. The summed E-state index contributed by atoms with van der Waals surface area (Å²) < 4.78 is 1.41. The number of para-hydroxylation sites is 2. The molecule has 2 heterocycles. The molecule has 0 aliphatic rings. The standard InChI is InChI=1S/C21H18N4O2S/c1-2-14-7-9-15(10-8-14)17-13-28-21(23-17)24-19(26)12-25-18-6-4-3-5-16(18)22-11-20(25)27/h3-11,13H,2,12H2,1H3,(H,23,24,26). The first kappa shape index (κ1) is 18.1. The Morgan fingerprint density at radius 3 is 2.71 bits per heavy atom. The Kier molecular flexibility index (Phi) is 4.99. The maximum atomic E-state index is 12.5. The van der Waals surface area contributed by atoms with Crippen LogP contribution in [0, 0.1) is 0 Å². The highest BCUT2D eigenvalue weighted by atomic mass is 32.1. The number of amides is 1. The van der Waals surface area contributed by atoms with Gasteiger partial charge in [-0.15, -0.1) is 11.3 Å². The van der Waals surface area contributed by atoms with E-state index in [1.54, 1.807) is 12.1 Å². The van der Waals surface area contributed by atoms with Crippen LogP contribution in [0.5, 0.6) is 0 Å². The number of aryl methyl sites for hydroxylation is 1. The van der Waals surface area contributed by atoms with Crippen molar-refractivity contribution in [1.82, 2.24) is 14.5 Å². The molecule has 0 fully saturated rings. The summed E-state index contributed by atoms with van der Waals surface area (Å²) in [6.07, 6.45) is 2.22. The van der Waals surface area contributed by atoms with E-state index in [2.05, 4.69) is 34.3 Å². The lowest BCUT2D eigenvalue weighted by Gasteiger charge is -2.08. The molecule has 0 atom stereocenters. The molecule has 28 heavy (non-hydrogen) atoms. The number of thiazole rings is 1. The smallest absolute Gasteiger partial charge is 0.269 e. The fraction of sp³-hybridized carbons (Fsp3) is 0.143. The summed E-state index contributed by atoms with van der Waals surface area (Å²) in [7, 11) is 0. The van der Waals surface area contributed by atoms with Crippen molar-refractivity contribution >= 4 is 33.4 Å². The van der Waals surface area contributed by atoms with Gasteiger partial charge in [0, 0.05) is 10.9 Å². The van der Waals surface area contributed by atoms with Gasteiger partial charge in [-0.1, -0.05) is 43.3 Å². The number of anilines is 1. The van der Waals surface area contributed by atoms with Gasteiger partial charge in [0.1, 0.15) is 6.54 Å². The molecule has 0 bridgehead atoms. The Morgan fingerprint density at radius 1 is 1.14 bits per heavy atom. The Bertz CT molecular complexity index is 1190. The van der Waals surface area contributed by atoms with E-state index in [0.717, 1.165) is 17.7 Å². The van der Waals surface area contributed by atoms with Crippen LogP contribution < -0.4 is 10.9 Å². The lowest BCUT2D eigenvalue weighted by Crippen LogP contribution is -2.27. The average Bonchev–Trinajstić information content (AvgIpc) is 3.18. The first-order valence-electron chi connectivity index (χ1n) is 8.93. The molecular formula is C21H18N4O2S. The van der Waals surface area contributed by atoms with Crippen LogP contribution in [0.2, 0.25) is 0 Å². The Hall–Kier alpha value is -3.32. The molecular weight excluding hydrogens is 372 g/mol. The van der Waals surface area contributed by atoms with E-state index in [1.165, 1.54) is 27.7 Å². The van der Waals surface area contributed by atoms with Crippen molar-refractivity contribution < 1.29 is 4.79 Å². The number of aromatic nitrogens is 3. The van der Waals surface area contributed by atoms with E-state index in [-0.39, 0.29) is 18.0 Å². The monoisotopic (exact) mass is 390 g/mol. The maximum Gasteiger partial charge on any atom is 0.269 e. The summed E-state index contributed by atoms with van der Waals surface area (Å²) in [5, 5.41) is 5.20. The summed E-state index contributed by atoms with van der Waals surface area (Å²) in [5.41, 5.74) is 4.06. The number of nitrogens with one attached hydrogen (secondary N) is 1. The Labute approximate surface area is 165 Å². The molecule has 0 saturated carbocycles. The topological polar surface area (TPSA) is 76.9 Å². The van der Waals surface area contributed by atoms with Crippen molar-refractivity contribution in [3.8, 4) is 11.3 Å². The van der Waals surface area contributed by atoms with Gasteiger partial charge in [-0.3, -0.25) is 14.2 Å². The minimum atomic E-state index is -0.315. The number of rotatable bonds is 5. The predicted molar refractivity (Wildman–Crippen MR) is 112 cm³/mol. The second-order valence-corrected chi connectivity index (χ2v) is 7.17. The van der Waals surface area contributed by atoms with Gasteiger partial charge in [0.2, 0.25) is 5.91 Å². The van der Waals surface area contributed by atoms with Crippen LogP contribution in [0.1, 0.15) is 12.5 Å². The molecule has 4 rings (SSSR count). The summed E-state index contributed by atoms with van der Waals surface area (Å²) in [4.78, 5) is 33.2. The summed E-state index contributed by atoms with van der Waals surface area (Å²) in [5.74, 6) is -0.305. The van der Waals surface area contributed by atoms with Crippen molar-refractivity contribution in [3.63, 3.8) is 0 Å². The minimum Gasteiger partial charge on any atom is -0.300 e. The van der Waals surface area contributed by atoms with E-state index >= 15 is 0 Å². The molecule has 0 saturated heterocycles. The molecule has 6 nitrogen and oxygen atoms in total. The fourth-order valence-electron chi connectivity index (χ4n) is 2.96. The van der Waals surface area contributed by atoms with Gasteiger partial charge in [0.05, 0.1) is 22.9 Å². The van der Waals surface area contributed by atoms with Crippen molar-refractivity contribution in [2.45, 2.75) is 19.9 Å². The van der Waals surface area contributed by atoms with Crippen LogP contribution in [0.15, 0.2) is 64.9 Å². The molecule has 0 unspecified atom stereocenters. The Morgan fingerprint density at radius 2 is 1.93 bits per heavy atom. The Balaban J connectivity index is 1.51. The fourth-order valence-corrected chi connectivity index (χ4v) is 3.69. The van der Waals surface area contributed by atoms with Crippen molar-refractivity contribution in [2.24, 2.45) is 0 Å². The minimum absolute atomic E-state index is 0.0953. The zero-order chi connectivity index (χ0) is 19.5. The van der Waals surface area contributed by atoms with Crippen LogP contribution in [0.3, 0.4) is 0 Å². The quantitative estimate of drug-likeness (QED) is 0.563. The molecule has 1 amide bonds. The second-order valence-electron chi connectivity index (χ2n) is 6.31. The molecule has 1 N–H and O–H groups in total. The summed E-state index contributed by atoms with van der Waals surface area (Å²) in [6.45, 7) is 2.02. The highest BCUT2D eigenvalue weighted by molar-refractivity contribution is 7.14. The zero-order valence-corrected chi connectivity index (χ0v) is 16.1. The van der Waals surface area contributed by atoms with E-state index < -0.39 is 0 Å². The summed E-state index contributed by atoms with van der Waals surface area (Å²) >= 11 is 1.36. The number of hydrogen-bond acceptors (Lipinski definition) is 5. The van der Waals surface area contributed by atoms with Gasteiger partial charge in [-0.25, -0.2) is 9.97 Å². The van der Waals surface area contributed by atoms with Crippen LogP contribution in [0.25, 0.3) is 22.3 Å². The first-order chi connectivity index (χ1) is 13.6. The van der Waals surface area contributed by atoms with Crippen molar-refractivity contribution in [3.05, 3.63) is 76.0 Å². The number of carbonyl (C=O) groups excluding carboxylic acids is 1. The molecule has 0 aliphatic carbocycles. The van der Waals surface area contributed by atoms with Crippen LogP contribution in [-0.4, -0.2) is 20.4 Å². The molecule has 2 aromatic heterocycles. The van der Waals surface area contributed by atoms with E-state index in [4.69, 9.17) is 0 Å². The molecule has 140 valence electrons. The third-order valence-electron chi connectivity index (χ3n) is 4.46. The van der Waals surface area contributed by atoms with Crippen molar-refractivity contribution in [1.29, 1.82) is 0 Å². The van der Waals surface area contributed by atoms with Gasteiger partial charge >= 0.3 is 0 Å². The van der Waals surface area contributed by atoms with E-state index in [0.29, 0.717) is 16.2 Å². The van der Waals surface area contributed by atoms with Crippen molar-refractivity contribution in [2.75, 3.05) is 5.32 Å². The largest absolute Gasteiger partial charge is 0.300 e. The van der Waals surface area contributed by atoms with E-state index in [9.17, 15) is 9.59 Å². The SMILES string of the molecule is CCc1ccc(-c2csc(NC(=O)Cn3c(=O)cnc4ccccc43)n2)cc1. The van der Waals surface area contributed by atoms with Crippen LogP contribution in [0.4, 0.5) is 5.13 Å². The zero-order valence-electron chi connectivity index (χ0n) is 15.3. The molecule has 0 aliphatic heterocycles. The number of carbonyl (C=O) groups is 1. The number of hydrogen-bond donors (Lipinski definition) is 1. The number of nitrogens with zero attached hydrogens (tertiary/aromatic N) is 3. The maximum absolute atomic E-state index is 12.5. The molecule has 0 spiro atoms. The number of fused-ring (bicyclic) bond motifs is 1. The van der Waals surface area contributed by atoms with Crippen LogP contribution in [-0.2, 0) is 17.8 Å². The third kappa shape index (κ3) is 3.70. The molecule has 0 radical (unpaired) electrons. The van der Waals surface area contributed by atoms with Gasteiger partial charge in [-0.05, 0) is 24.1 Å². The lowest BCUT2D eigenvalue weighted by molar-refractivity contribution is -0.116. The lowest BCUT2D eigenvalue weighted by atomic mass is 10.1. The van der Waals surface area contributed by atoms with Gasteiger partial charge < -0.3 is 5.32 Å². The third-order valence-corrected chi connectivity index (χ3v) is 5.22. The molecule has 7 heteroatoms. The molecule has 2 aromatic carbocycles. The second kappa shape index (κ2) is 7.74. The predicted octanol–water partition coefficient (Wildman–Crippen LogP) is 3.72. The summed E-state index contributed by atoms with van der Waals surface area (Å²) in [6, 6.07) is 15.5. The number of benzene rings is 2. The highest BCUT2D eigenvalue weighted by Gasteiger charge is 2.11. The van der Waals surface area contributed by atoms with Gasteiger partial charge in [0.25, 0.3) is 5.56 Å².